The van der Waals surface area contributed by atoms with Crippen molar-refractivity contribution in [3.8, 4) is 0 Å². The number of benzene rings is 1. The molecule has 0 radical (unpaired) electrons. The van der Waals surface area contributed by atoms with Crippen molar-refractivity contribution >= 4 is 18.3 Å². The van der Waals surface area contributed by atoms with Gasteiger partial charge >= 0.3 is 0 Å². The van der Waals surface area contributed by atoms with Gasteiger partial charge in [0.05, 0.1) is 12.2 Å². The molecule has 0 saturated carbocycles. The fourth-order valence-corrected chi connectivity index (χ4v) is 4.59. The third-order valence-electron chi connectivity index (χ3n) is 6.15. The standard InChI is InChI=1S/C22H30N2O2.ClH/c1-17-6-12-26-22(15-17)7-10-24(11-8-22)21(25)20-4-2-3-18(14-20)13-19-5-9-23-16-19;/h2-4,14-15,19,23H,5-13,16H2,1H3;1H. The minimum Gasteiger partial charge on any atom is -0.370 e. The Hall–Kier alpha value is -1.36. The summed E-state index contributed by atoms with van der Waals surface area (Å²) in [6.45, 7) is 6.77. The maximum atomic E-state index is 13.0. The van der Waals surface area contributed by atoms with Crippen LogP contribution in [0.3, 0.4) is 0 Å². The van der Waals surface area contributed by atoms with E-state index in [2.05, 4.69) is 30.4 Å². The third kappa shape index (κ3) is 4.74. The monoisotopic (exact) mass is 390 g/mol. The lowest BCUT2D eigenvalue weighted by Crippen LogP contribution is -2.48. The van der Waals surface area contributed by atoms with Crippen molar-refractivity contribution in [2.45, 2.75) is 44.6 Å². The van der Waals surface area contributed by atoms with Crippen molar-refractivity contribution in [3.05, 3.63) is 47.0 Å². The van der Waals surface area contributed by atoms with E-state index in [1.54, 1.807) is 0 Å². The lowest BCUT2D eigenvalue weighted by atomic mass is 9.86. The molecule has 3 aliphatic rings. The Morgan fingerprint density at radius 1 is 1.33 bits per heavy atom. The first-order chi connectivity index (χ1) is 12.6. The maximum absolute atomic E-state index is 13.0. The van der Waals surface area contributed by atoms with Gasteiger partial charge in [0.25, 0.3) is 5.91 Å². The SMILES string of the molecule is CC1=CC2(CCN(C(=O)c3cccc(CC4CCNC4)c3)CC2)OCC1.Cl. The van der Waals surface area contributed by atoms with Gasteiger partial charge in [-0.15, -0.1) is 12.4 Å². The van der Waals surface area contributed by atoms with Crippen LogP contribution >= 0.6 is 12.4 Å². The van der Waals surface area contributed by atoms with Crippen molar-refractivity contribution in [1.82, 2.24) is 10.2 Å². The molecule has 0 aromatic heterocycles. The molecule has 5 heteroatoms. The summed E-state index contributed by atoms with van der Waals surface area (Å²) in [6, 6.07) is 8.26. The zero-order chi connectivity index (χ0) is 18.0. The number of hydrogen-bond acceptors (Lipinski definition) is 3. The molecule has 1 aromatic rings. The average molecular weight is 391 g/mol. The number of hydrogen-bond donors (Lipinski definition) is 1. The first kappa shape index (κ1) is 20.4. The predicted octanol–water partition coefficient (Wildman–Crippen LogP) is 3.60. The molecule has 1 atom stereocenters. The molecular weight excluding hydrogens is 360 g/mol. The predicted molar refractivity (Wildman–Crippen MR) is 111 cm³/mol. The molecule has 1 spiro atoms. The van der Waals surface area contributed by atoms with Gasteiger partial charge in [0.1, 0.15) is 0 Å². The number of likely N-dealkylation sites (tertiary alicyclic amines) is 1. The minimum absolute atomic E-state index is 0. The normalized spacial score (nSPS) is 24.4. The Morgan fingerprint density at radius 3 is 2.85 bits per heavy atom. The molecule has 1 amide bonds. The zero-order valence-electron chi connectivity index (χ0n) is 16.2. The van der Waals surface area contributed by atoms with Gasteiger partial charge in [0, 0.05) is 18.7 Å². The van der Waals surface area contributed by atoms with Crippen LogP contribution in [-0.4, -0.2) is 49.2 Å². The lowest BCUT2D eigenvalue weighted by Gasteiger charge is -2.42. The summed E-state index contributed by atoms with van der Waals surface area (Å²) >= 11 is 0. The topological polar surface area (TPSA) is 41.6 Å². The van der Waals surface area contributed by atoms with E-state index in [0.29, 0.717) is 5.92 Å². The first-order valence-corrected chi connectivity index (χ1v) is 10.0. The molecule has 1 N–H and O–H groups in total. The van der Waals surface area contributed by atoms with E-state index in [9.17, 15) is 4.79 Å². The zero-order valence-corrected chi connectivity index (χ0v) is 17.0. The Kier molecular flexibility index (Phi) is 6.61. The van der Waals surface area contributed by atoms with Gasteiger partial charge in [0.15, 0.2) is 0 Å². The van der Waals surface area contributed by atoms with E-state index in [4.69, 9.17) is 4.74 Å². The fraction of sp³-hybridized carbons (Fsp3) is 0.591. The van der Waals surface area contributed by atoms with E-state index in [-0.39, 0.29) is 23.9 Å². The molecule has 4 rings (SSSR count). The van der Waals surface area contributed by atoms with Crippen LogP contribution in [0.25, 0.3) is 0 Å². The fourth-order valence-electron chi connectivity index (χ4n) is 4.59. The number of piperidine rings is 1. The van der Waals surface area contributed by atoms with Crippen LogP contribution in [0.1, 0.15) is 48.5 Å². The molecule has 2 saturated heterocycles. The van der Waals surface area contributed by atoms with Gasteiger partial charge in [-0.1, -0.05) is 23.8 Å². The highest BCUT2D eigenvalue weighted by molar-refractivity contribution is 5.94. The van der Waals surface area contributed by atoms with Crippen LogP contribution in [0.15, 0.2) is 35.9 Å². The van der Waals surface area contributed by atoms with Crippen molar-refractivity contribution in [2.75, 3.05) is 32.8 Å². The van der Waals surface area contributed by atoms with Crippen LogP contribution < -0.4 is 5.32 Å². The van der Waals surface area contributed by atoms with Crippen molar-refractivity contribution in [1.29, 1.82) is 0 Å². The van der Waals surface area contributed by atoms with Gasteiger partial charge in [-0.05, 0) is 75.7 Å². The molecule has 3 aliphatic heterocycles. The van der Waals surface area contributed by atoms with Crippen LogP contribution in [-0.2, 0) is 11.2 Å². The second kappa shape index (κ2) is 8.76. The molecule has 2 fully saturated rings. The van der Waals surface area contributed by atoms with Crippen LogP contribution in [0.4, 0.5) is 0 Å². The van der Waals surface area contributed by atoms with E-state index >= 15 is 0 Å². The number of carbonyl (C=O) groups is 1. The summed E-state index contributed by atoms with van der Waals surface area (Å²) in [7, 11) is 0. The quantitative estimate of drug-likeness (QED) is 0.802. The van der Waals surface area contributed by atoms with Gasteiger partial charge in [-0.3, -0.25) is 4.79 Å². The number of carbonyl (C=O) groups excluding carboxylic acids is 1. The van der Waals surface area contributed by atoms with Crippen molar-refractivity contribution < 1.29 is 9.53 Å². The number of nitrogens with zero attached hydrogens (tertiary/aromatic N) is 1. The van der Waals surface area contributed by atoms with Gasteiger partial charge < -0.3 is 15.0 Å². The summed E-state index contributed by atoms with van der Waals surface area (Å²) in [4.78, 5) is 15.0. The number of ether oxygens (including phenoxy) is 1. The Morgan fingerprint density at radius 2 is 2.15 bits per heavy atom. The van der Waals surface area contributed by atoms with Crippen LogP contribution in [0.2, 0.25) is 0 Å². The Balaban J connectivity index is 0.00000210. The van der Waals surface area contributed by atoms with Gasteiger partial charge in [0.2, 0.25) is 0 Å². The summed E-state index contributed by atoms with van der Waals surface area (Å²) in [6.07, 6.45) is 7.45. The summed E-state index contributed by atoms with van der Waals surface area (Å²) in [5.74, 6) is 0.872. The van der Waals surface area contributed by atoms with E-state index in [1.807, 2.05) is 17.0 Å². The molecule has 0 bridgehead atoms. The highest BCUT2D eigenvalue weighted by Gasteiger charge is 2.36. The summed E-state index contributed by atoms with van der Waals surface area (Å²) in [5.41, 5.74) is 3.41. The number of nitrogens with one attached hydrogen (secondary N) is 1. The Labute approximate surface area is 168 Å². The van der Waals surface area contributed by atoms with E-state index in [0.717, 1.165) is 64.0 Å². The highest BCUT2D eigenvalue weighted by Crippen LogP contribution is 2.33. The summed E-state index contributed by atoms with van der Waals surface area (Å²) in [5, 5.41) is 3.42. The Bertz CT molecular complexity index is 689. The summed E-state index contributed by atoms with van der Waals surface area (Å²) < 4.78 is 6.08. The third-order valence-corrected chi connectivity index (χ3v) is 6.15. The molecule has 148 valence electrons. The highest BCUT2D eigenvalue weighted by atomic mass is 35.5. The lowest BCUT2D eigenvalue weighted by molar-refractivity contribution is -0.0522. The smallest absolute Gasteiger partial charge is 0.253 e. The average Bonchev–Trinajstić information content (AvgIpc) is 3.15. The second-order valence-corrected chi connectivity index (χ2v) is 8.21. The molecule has 1 aromatic carbocycles. The van der Waals surface area contributed by atoms with Crippen LogP contribution in [0, 0.1) is 5.92 Å². The number of amides is 1. The molecule has 1 unspecified atom stereocenters. The largest absolute Gasteiger partial charge is 0.370 e. The number of rotatable bonds is 3. The molecule has 3 heterocycles. The number of halogens is 1. The van der Waals surface area contributed by atoms with Gasteiger partial charge in [-0.2, -0.15) is 0 Å². The van der Waals surface area contributed by atoms with Crippen LogP contribution in [0.5, 0.6) is 0 Å². The van der Waals surface area contributed by atoms with Crippen molar-refractivity contribution in [2.24, 2.45) is 5.92 Å². The molecular formula is C22H31ClN2O2. The second-order valence-electron chi connectivity index (χ2n) is 8.21. The van der Waals surface area contributed by atoms with Crippen molar-refractivity contribution in [3.63, 3.8) is 0 Å². The van der Waals surface area contributed by atoms with E-state index < -0.39 is 0 Å². The maximum Gasteiger partial charge on any atom is 0.253 e. The van der Waals surface area contributed by atoms with Gasteiger partial charge in [-0.25, -0.2) is 0 Å². The molecule has 0 aliphatic carbocycles. The minimum atomic E-state index is -0.129. The first-order valence-electron chi connectivity index (χ1n) is 10.0. The molecule has 27 heavy (non-hydrogen) atoms. The molecule has 4 nitrogen and oxygen atoms in total. The van der Waals surface area contributed by atoms with E-state index in [1.165, 1.54) is 17.6 Å².